The van der Waals surface area contributed by atoms with Gasteiger partial charge in [0.25, 0.3) is 5.91 Å². The van der Waals surface area contributed by atoms with Crippen LogP contribution in [0.15, 0.2) is 30.5 Å². The Morgan fingerprint density at radius 2 is 2.05 bits per heavy atom. The average Bonchev–Trinajstić information content (AvgIpc) is 2.85. The van der Waals surface area contributed by atoms with Crippen molar-refractivity contribution >= 4 is 11.6 Å². The van der Waals surface area contributed by atoms with Gasteiger partial charge in [-0.25, -0.2) is 4.68 Å². The molecule has 2 heterocycles. The van der Waals surface area contributed by atoms with Gasteiger partial charge in [0.15, 0.2) is 5.69 Å². The zero-order valence-corrected chi connectivity index (χ0v) is 11.6. The maximum absolute atomic E-state index is 12.4. The Bertz CT molecular complexity index is 615. The van der Waals surface area contributed by atoms with Crippen LogP contribution in [0.3, 0.4) is 0 Å². The van der Waals surface area contributed by atoms with E-state index >= 15 is 0 Å². The lowest BCUT2D eigenvalue weighted by Gasteiger charge is -2.26. The Balaban J connectivity index is 1.77. The standard InChI is InChI=1S/C14H17N5O/c1-10-3-5-11(6-4-10)18(2)14(20)13-9-19(17-16-13)12-7-15-8-12/h3-6,9,12,15H,7-8H2,1-2H3. The quantitative estimate of drug-likeness (QED) is 0.905. The summed E-state index contributed by atoms with van der Waals surface area (Å²) in [6.07, 6.45) is 1.72. The van der Waals surface area contributed by atoms with E-state index in [1.165, 1.54) is 0 Å². The SMILES string of the molecule is Cc1ccc(N(C)C(=O)c2cn(C3CNC3)nn2)cc1. The Kier molecular flexibility index (Phi) is 3.23. The minimum atomic E-state index is -0.146. The highest BCUT2D eigenvalue weighted by Crippen LogP contribution is 2.16. The van der Waals surface area contributed by atoms with Crippen molar-refractivity contribution in [1.82, 2.24) is 20.3 Å². The van der Waals surface area contributed by atoms with Crippen LogP contribution in [-0.2, 0) is 0 Å². The van der Waals surface area contributed by atoms with Crippen molar-refractivity contribution in [3.8, 4) is 0 Å². The Labute approximate surface area is 117 Å². The lowest BCUT2D eigenvalue weighted by atomic mass is 10.2. The lowest BCUT2D eigenvalue weighted by molar-refractivity contribution is 0.0988. The average molecular weight is 271 g/mol. The van der Waals surface area contributed by atoms with E-state index in [-0.39, 0.29) is 5.91 Å². The first-order chi connectivity index (χ1) is 9.65. The van der Waals surface area contributed by atoms with Crippen molar-refractivity contribution < 1.29 is 4.79 Å². The number of hydrogen-bond donors (Lipinski definition) is 1. The summed E-state index contributed by atoms with van der Waals surface area (Å²) in [7, 11) is 1.75. The molecule has 6 nitrogen and oxygen atoms in total. The number of nitrogens with zero attached hydrogens (tertiary/aromatic N) is 4. The number of carbonyl (C=O) groups excluding carboxylic acids is 1. The van der Waals surface area contributed by atoms with Crippen LogP contribution in [0.1, 0.15) is 22.1 Å². The second-order valence-corrected chi connectivity index (χ2v) is 5.10. The van der Waals surface area contributed by atoms with Crippen molar-refractivity contribution in [2.75, 3.05) is 25.0 Å². The maximum atomic E-state index is 12.4. The molecular weight excluding hydrogens is 254 g/mol. The third-order valence-electron chi connectivity index (χ3n) is 3.59. The molecular formula is C14H17N5O. The molecule has 20 heavy (non-hydrogen) atoms. The highest BCUT2D eigenvalue weighted by molar-refractivity contribution is 6.04. The molecule has 3 rings (SSSR count). The predicted molar refractivity (Wildman–Crippen MR) is 75.8 cm³/mol. The van der Waals surface area contributed by atoms with Crippen molar-refractivity contribution in [1.29, 1.82) is 0 Å². The van der Waals surface area contributed by atoms with Gasteiger partial charge in [0, 0.05) is 25.8 Å². The highest BCUT2D eigenvalue weighted by Gasteiger charge is 2.23. The van der Waals surface area contributed by atoms with Gasteiger partial charge < -0.3 is 10.2 Å². The summed E-state index contributed by atoms with van der Waals surface area (Å²) in [5, 5.41) is 11.2. The van der Waals surface area contributed by atoms with Gasteiger partial charge in [0.1, 0.15) is 0 Å². The van der Waals surface area contributed by atoms with Crippen LogP contribution in [0.4, 0.5) is 5.69 Å². The van der Waals surface area contributed by atoms with Crippen LogP contribution in [0.25, 0.3) is 0 Å². The third kappa shape index (κ3) is 2.30. The van der Waals surface area contributed by atoms with Crippen LogP contribution < -0.4 is 10.2 Å². The number of aromatic nitrogens is 3. The van der Waals surface area contributed by atoms with Gasteiger partial charge in [-0.3, -0.25) is 4.79 Å². The minimum Gasteiger partial charge on any atom is -0.312 e. The van der Waals surface area contributed by atoms with E-state index in [9.17, 15) is 4.79 Å². The number of amides is 1. The van der Waals surface area contributed by atoms with Gasteiger partial charge in [-0.15, -0.1) is 5.10 Å². The molecule has 104 valence electrons. The summed E-state index contributed by atoms with van der Waals surface area (Å²) in [4.78, 5) is 14.0. The molecule has 0 saturated carbocycles. The fourth-order valence-corrected chi connectivity index (χ4v) is 2.07. The number of nitrogens with one attached hydrogen (secondary N) is 1. The van der Waals surface area contributed by atoms with E-state index in [0.717, 1.165) is 24.3 Å². The van der Waals surface area contributed by atoms with Gasteiger partial charge in [0.05, 0.1) is 12.2 Å². The largest absolute Gasteiger partial charge is 0.312 e. The number of anilines is 1. The molecule has 0 spiro atoms. The molecule has 1 N–H and O–H groups in total. The summed E-state index contributed by atoms with van der Waals surface area (Å²) >= 11 is 0. The van der Waals surface area contributed by atoms with Crippen molar-refractivity contribution in [3.63, 3.8) is 0 Å². The summed E-state index contributed by atoms with van der Waals surface area (Å²) in [6.45, 7) is 3.78. The maximum Gasteiger partial charge on any atom is 0.280 e. The number of hydrogen-bond acceptors (Lipinski definition) is 4. The zero-order valence-electron chi connectivity index (χ0n) is 11.6. The van der Waals surface area contributed by atoms with E-state index in [0.29, 0.717) is 11.7 Å². The molecule has 1 aliphatic rings. The summed E-state index contributed by atoms with van der Waals surface area (Å²) in [6, 6.07) is 8.13. The monoisotopic (exact) mass is 271 g/mol. The van der Waals surface area contributed by atoms with Crippen LogP contribution in [0, 0.1) is 6.92 Å². The third-order valence-corrected chi connectivity index (χ3v) is 3.59. The topological polar surface area (TPSA) is 63.1 Å². The summed E-state index contributed by atoms with van der Waals surface area (Å²) in [5.41, 5.74) is 2.39. The molecule has 1 aliphatic heterocycles. The van der Waals surface area contributed by atoms with Gasteiger partial charge in [-0.2, -0.15) is 0 Å². The predicted octanol–water partition coefficient (Wildman–Crippen LogP) is 1.01. The molecule has 0 aliphatic carbocycles. The number of rotatable bonds is 3. The second kappa shape index (κ2) is 5.05. The summed E-state index contributed by atoms with van der Waals surface area (Å²) < 4.78 is 1.76. The zero-order chi connectivity index (χ0) is 14.1. The molecule has 1 amide bonds. The molecule has 0 bridgehead atoms. The van der Waals surface area contributed by atoms with Crippen LogP contribution in [-0.4, -0.2) is 41.0 Å². The Hall–Kier alpha value is -2.21. The van der Waals surface area contributed by atoms with Gasteiger partial charge in [-0.05, 0) is 19.1 Å². The smallest absolute Gasteiger partial charge is 0.280 e. The first-order valence-corrected chi connectivity index (χ1v) is 6.62. The van der Waals surface area contributed by atoms with Crippen LogP contribution >= 0.6 is 0 Å². The van der Waals surface area contributed by atoms with E-state index < -0.39 is 0 Å². The van der Waals surface area contributed by atoms with E-state index in [1.807, 2.05) is 31.2 Å². The van der Waals surface area contributed by atoms with Crippen molar-refractivity contribution in [2.45, 2.75) is 13.0 Å². The van der Waals surface area contributed by atoms with Crippen LogP contribution in [0.2, 0.25) is 0 Å². The van der Waals surface area contributed by atoms with E-state index in [1.54, 1.807) is 22.8 Å². The van der Waals surface area contributed by atoms with E-state index in [4.69, 9.17) is 0 Å². The first-order valence-electron chi connectivity index (χ1n) is 6.62. The molecule has 0 radical (unpaired) electrons. The molecule has 1 aromatic heterocycles. The molecule has 2 aromatic rings. The highest BCUT2D eigenvalue weighted by atomic mass is 16.2. The molecule has 0 unspecified atom stereocenters. The lowest BCUT2D eigenvalue weighted by Crippen LogP contribution is -2.43. The number of carbonyl (C=O) groups is 1. The molecule has 1 saturated heterocycles. The summed E-state index contributed by atoms with van der Waals surface area (Å²) in [5.74, 6) is -0.146. The van der Waals surface area contributed by atoms with Gasteiger partial charge in [0.2, 0.25) is 0 Å². The molecule has 0 atom stereocenters. The fourth-order valence-electron chi connectivity index (χ4n) is 2.07. The Morgan fingerprint density at radius 3 is 2.65 bits per heavy atom. The molecule has 1 aromatic carbocycles. The van der Waals surface area contributed by atoms with E-state index in [2.05, 4.69) is 15.6 Å². The normalized spacial score (nSPS) is 14.9. The van der Waals surface area contributed by atoms with Crippen molar-refractivity contribution in [2.24, 2.45) is 0 Å². The fraction of sp³-hybridized carbons (Fsp3) is 0.357. The van der Waals surface area contributed by atoms with Crippen molar-refractivity contribution in [3.05, 3.63) is 41.7 Å². The Morgan fingerprint density at radius 1 is 1.35 bits per heavy atom. The van der Waals surface area contributed by atoms with Gasteiger partial charge in [-0.1, -0.05) is 22.9 Å². The number of aryl methyl sites for hydroxylation is 1. The minimum absolute atomic E-state index is 0.146. The molecule has 6 heteroatoms. The molecule has 1 fully saturated rings. The first kappa shape index (κ1) is 12.8. The van der Waals surface area contributed by atoms with Crippen LogP contribution in [0.5, 0.6) is 0 Å². The second-order valence-electron chi connectivity index (χ2n) is 5.10. The number of benzene rings is 1. The van der Waals surface area contributed by atoms with Gasteiger partial charge >= 0.3 is 0 Å².